The lowest BCUT2D eigenvalue weighted by atomic mass is 10.1. The molecule has 0 radical (unpaired) electrons. The minimum atomic E-state index is -1.13. The van der Waals surface area contributed by atoms with Gasteiger partial charge in [0.15, 0.2) is 11.2 Å². The van der Waals surface area contributed by atoms with Crippen LogP contribution in [0.2, 0.25) is 0 Å². The van der Waals surface area contributed by atoms with Crippen LogP contribution in [0.1, 0.15) is 12.5 Å². The summed E-state index contributed by atoms with van der Waals surface area (Å²) in [6.45, 7) is 1.39. The number of carbonyl (C=O) groups is 3. The average molecular weight is 396 g/mol. The van der Waals surface area contributed by atoms with Crippen LogP contribution in [0.25, 0.3) is 6.08 Å². The second-order valence-electron chi connectivity index (χ2n) is 5.93. The van der Waals surface area contributed by atoms with E-state index in [1.165, 1.54) is 17.9 Å². The normalized spacial score (nSPS) is 16.7. The number of para-hydroxylation sites is 2. The van der Waals surface area contributed by atoms with Crippen molar-refractivity contribution in [3.05, 3.63) is 65.7 Å². The highest BCUT2D eigenvalue weighted by Gasteiger charge is 2.34. The van der Waals surface area contributed by atoms with Crippen LogP contribution in [-0.4, -0.2) is 34.1 Å². The maximum absolute atomic E-state index is 13.0. The lowest BCUT2D eigenvalue weighted by Gasteiger charge is -2.29. The lowest BCUT2D eigenvalue weighted by molar-refractivity contribution is -0.144. The number of hydrogen-bond donors (Lipinski definition) is 2. The summed E-state index contributed by atoms with van der Waals surface area (Å²) < 4.78 is 5.43. The molecule has 1 saturated heterocycles. The Hall–Kier alpha value is -3.52. The molecule has 0 bridgehead atoms. The molecule has 2 aromatic rings. The van der Waals surface area contributed by atoms with Crippen LogP contribution >= 0.6 is 12.2 Å². The molecule has 1 heterocycles. The van der Waals surface area contributed by atoms with Crippen LogP contribution in [0.3, 0.4) is 0 Å². The summed E-state index contributed by atoms with van der Waals surface area (Å²) in [5, 5.41) is 11.5. The zero-order valence-electron chi connectivity index (χ0n) is 14.8. The number of thiocarbonyl (C=S) groups is 1. The molecule has 1 aliphatic rings. The van der Waals surface area contributed by atoms with Crippen molar-refractivity contribution in [2.24, 2.45) is 0 Å². The number of hydrogen-bond acceptors (Lipinski definition) is 5. The molecule has 1 aliphatic heterocycles. The van der Waals surface area contributed by atoms with Gasteiger partial charge in [-0.25, -0.2) is 4.79 Å². The summed E-state index contributed by atoms with van der Waals surface area (Å²) in [4.78, 5) is 37.6. The molecular weight excluding hydrogens is 380 g/mol. The van der Waals surface area contributed by atoms with Gasteiger partial charge in [-0.3, -0.25) is 19.8 Å². The van der Waals surface area contributed by atoms with Gasteiger partial charge in [0.05, 0.1) is 5.69 Å². The van der Waals surface area contributed by atoms with Gasteiger partial charge in [-0.2, -0.15) is 0 Å². The molecule has 1 fully saturated rings. The van der Waals surface area contributed by atoms with Crippen LogP contribution in [-0.2, 0) is 14.4 Å². The topological polar surface area (TPSA) is 95.9 Å². The number of anilines is 1. The molecule has 0 saturated carbocycles. The van der Waals surface area contributed by atoms with Crippen molar-refractivity contribution in [3.8, 4) is 5.75 Å². The molecule has 0 aliphatic carbocycles. The van der Waals surface area contributed by atoms with Crippen molar-refractivity contribution in [1.82, 2.24) is 5.32 Å². The fraction of sp³-hybridized carbons (Fsp3) is 0.100. The van der Waals surface area contributed by atoms with Gasteiger partial charge in [-0.1, -0.05) is 36.4 Å². The van der Waals surface area contributed by atoms with Crippen molar-refractivity contribution < 1.29 is 24.2 Å². The zero-order valence-corrected chi connectivity index (χ0v) is 15.6. The van der Waals surface area contributed by atoms with Crippen LogP contribution in [0, 0.1) is 0 Å². The third-order valence-electron chi connectivity index (χ3n) is 3.99. The van der Waals surface area contributed by atoms with Gasteiger partial charge in [0, 0.05) is 5.56 Å². The molecule has 2 amide bonds. The van der Waals surface area contributed by atoms with Gasteiger partial charge in [0.25, 0.3) is 11.8 Å². The molecule has 142 valence electrons. The van der Waals surface area contributed by atoms with Crippen molar-refractivity contribution in [3.63, 3.8) is 0 Å². The number of nitrogens with one attached hydrogen (secondary N) is 1. The largest absolute Gasteiger partial charge is 0.479 e. The number of amides is 2. The SMILES string of the molecule is C[C@@H](Oc1ccccc1/C=C1\C(=O)NC(=S)N(c2ccccc2)C1=O)C(=O)O. The Bertz CT molecular complexity index is 987. The van der Waals surface area contributed by atoms with Gasteiger partial charge in [0.1, 0.15) is 11.3 Å². The number of carbonyl (C=O) groups excluding carboxylic acids is 2. The summed E-state index contributed by atoms with van der Waals surface area (Å²) >= 11 is 5.15. The standard InChI is InChI=1S/C20H16N2O5S/c1-12(19(25)26)27-16-10-6-5-7-13(16)11-15-17(23)21-20(28)22(18(15)24)14-8-3-2-4-9-14/h2-12H,1H3,(H,25,26)(H,21,23,28)/b15-11+/t12-/m1/s1. The summed E-state index contributed by atoms with van der Waals surface area (Å²) in [6, 6.07) is 15.2. The number of nitrogens with zero attached hydrogens (tertiary/aromatic N) is 1. The molecule has 28 heavy (non-hydrogen) atoms. The van der Waals surface area contributed by atoms with E-state index in [1.807, 2.05) is 0 Å². The summed E-state index contributed by atoms with van der Waals surface area (Å²) in [7, 11) is 0. The number of carboxylic acids is 1. The molecule has 0 spiro atoms. The van der Waals surface area contributed by atoms with E-state index in [0.29, 0.717) is 11.3 Å². The van der Waals surface area contributed by atoms with Gasteiger partial charge in [-0.15, -0.1) is 0 Å². The fourth-order valence-electron chi connectivity index (χ4n) is 2.57. The van der Waals surface area contributed by atoms with E-state index in [-0.39, 0.29) is 16.4 Å². The lowest BCUT2D eigenvalue weighted by Crippen LogP contribution is -2.54. The van der Waals surface area contributed by atoms with Gasteiger partial charge < -0.3 is 9.84 Å². The first-order chi connectivity index (χ1) is 13.4. The Morgan fingerprint density at radius 1 is 1.14 bits per heavy atom. The van der Waals surface area contributed by atoms with E-state index < -0.39 is 23.9 Å². The van der Waals surface area contributed by atoms with E-state index in [0.717, 1.165) is 0 Å². The Kier molecular flexibility index (Phi) is 5.51. The monoisotopic (exact) mass is 396 g/mol. The number of aliphatic carboxylic acids is 1. The highest BCUT2D eigenvalue weighted by molar-refractivity contribution is 7.80. The third kappa shape index (κ3) is 3.91. The Labute approximate surface area is 166 Å². The van der Waals surface area contributed by atoms with Gasteiger partial charge >= 0.3 is 5.97 Å². The summed E-state index contributed by atoms with van der Waals surface area (Å²) in [5.41, 5.74) is 0.777. The van der Waals surface area contributed by atoms with Gasteiger partial charge in [-0.05, 0) is 43.4 Å². The zero-order chi connectivity index (χ0) is 20.3. The van der Waals surface area contributed by atoms with Crippen molar-refractivity contribution >= 4 is 46.9 Å². The number of benzene rings is 2. The first-order valence-electron chi connectivity index (χ1n) is 8.33. The minimum absolute atomic E-state index is 0.0117. The summed E-state index contributed by atoms with van der Waals surface area (Å²) in [6.07, 6.45) is 0.267. The average Bonchev–Trinajstić information content (AvgIpc) is 2.67. The first-order valence-corrected chi connectivity index (χ1v) is 8.74. The first kappa shape index (κ1) is 19.2. The van der Waals surface area contributed by atoms with E-state index in [1.54, 1.807) is 54.6 Å². The van der Waals surface area contributed by atoms with E-state index in [2.05, 4.69) is 5.32 Å². The van der Waals surface area contributed by atoms with Crippen LogP contribution in [0.4, 0.5) is 5.69 Å². The smallest absolute Gasteiger partial charge is 0.344 e. The highest BCUT2D eigenvalue weighted by Crippen LogP contribution is 2.26. The van der Waals surface area contributed by atoms with Crippen molar-refractivity contribution in [2.75, 3.05) is 4.90 Å². The maximum Gasteiger partial charge on any atom is 0.344 e. The molecule has 7 nitrogen and oxygen atoms in total. The van der Waals surface area contributed by atoms with Crippen LogP contribution < -0.4 is 15.0 Å². The molecule has 2 aromatic carbocycles. The molecule has 2 N–H and O–H groups in total. The second kappa shape index (κ2) is 8.01. The quantitative estimate of drug-likeness (QED) is 0.458. The van der Waals surface area contributed by atoms with E-state index in [4.69, 9.17) is 22.1 Å². The Morgan fingerprint density at radius 3 is 2.46 bits per heavy atom. The highest BCUT2D eigenvalue weighted by atomic mass is 32.1. The van der Waals surface area contributed by atoms with Crippen molar-refractivity contribution in [1.29, 1.82) is 0 Å². The molecular formula is C20H16N2O5S. The molecule has 0 aromatic heterocycles. The van der Waals surface area contributed by atoms with Gasteiger partial charge in [0.2, 0.25) is 0 Å². The molecule has 1 atom stereocenters. The predicted molar refractivity (Wildman–Crippen MR) is 107 cm³/mol. The van der Waals surface area contributed by atoms with E-state index in [9.17, 15) is 14.4 Å². The minimum Gasteiger partial charge on any atom is -0.479 e. The Morgan fingerprint density at radius 2 is 1.79 bits per heavy atom. The second-order valence-corrected chi connectivity index (χ2v) is 6.32. The van der Waals surface area contributed by atoms with Crippen LogP contribution in [0.15, 0.2) is 60.2 Å². The molecule has 3 rings (SSSR count). The molecule has 0 unspecified atom stereocenters. The number of ether oxygens (including phenoxy) is 1. The third-order valence-corrected chi connectivity index (χ3v) is 4.27. The fourth-order valence-corrected chi connectivity index (χ4v) is 2.85. The predicted octanol–water partition coefficient (Wildman–Crippen LogP) is 2.37. The Balaban J connectivity index is 1.99. The number of rotatable bonds is 5. The summed E-state index contributed by atoms with van der Waals surface area (Å²) in [5.74, 6) is -2.11. The maximum atomic E-state index is 13.0. The number of carboxylic acid groups (broad SMARTS) is 1. The van der Waals surface area contributed by atoms with Crippen LogP contribution in [0.5, 0.6) is 5.75 Å². The van der Waals surface area contributed by atoms with E-state index >= 15 is 0 Å². The van der Waals surface area contributed by atoms with Crippen molar-refractivity contribution in [2.45, 2.75) is 13.0 Å². The molecule has 8 heteroatoms.